The Labute approximate surface area is 177 Å². The highest BCUT2D eigenvalue weighted by Crippen LogP contribution is 2.27. The molecule has 10 heteroatoms. The molecule has 0 aliphatic carbocycles. The van der Waals surface area contributed by atoms with Crippen molar-refractivity contribution in [1.29, 1.82) is 0 Å². The Hall–Kier alpha value is -2.29. The fourth-order valence-electron chi connectivity index (χ4n) is 3.10. The van der Waals surface area contributed by atoms with E-state index in [2.05, 4.69) is 10.3 Å². The monoisotopic (exact) mass is 439 g/mol. The predicted molar refractivity (Wildman–Crippen MR) is 115 cm³/mol. The Balaban J connectivity index is 2.12. The van der Waals surface area contributed by atoms with Gasteiger partial charge < -0.3 is 10.1 Å². The lowest BCUT2D eigenvalue weighted by Crippen LogP contribution is -2.37. The van der Waals surface area contributed by atoms with Gasteiger partial charge in [-0.15, -0.1) is 0 Å². The van der Waals surface area contributed by atoms with Crippen molar-refractivity contribution in [2.75, 3.05) is 25.1 Å². The molecule has 1 aromatic carbocycles. The molecule has 0 bridgehead atoms. The SMILES string of the molecule is CCOCCCNc1nc2c(c(=O)n(C)c(=O)n2C)n1Cc1c(Cl)cccc1Cl. The standard InChI is InChI=1S/C19H23Cl2N5O3/c1-4-29-10-6-9-22-18-23-16-15(17(27)25(3)19(28)24(16)2)26(18)11-12-13(20)7-5-8-14(12)21/h5,7-8H,4,6,9-11H2,1-3H3,(H,22,23). The van der Waals surface area contributed by atoms with Crippen molar-refractivity contribution >= 4 is 40.3 Å². The minimum Gasteiger partial charge on any atom is -0.382 e. The van der Waals surface area contributed by atoms with Gasteiger partial charge in [-0.3, -0.25) is 18.5 Å². The number of imidazole rings is 1. The number of anilines is 1. The number of fused-ring (bicyclic) bond motifs is 1. The molecular weight excluding hydrogens is 417 g/mol. The van der Waals surface area contributed by atoms with E-state index < -0.39 is 11.2 Å². The first-order valence-corrected chi connectivity index (χ1v) is 10.0. The van der Waals surface area contributed by atoms with Crippen molar-refractivity contribution in [3.63, 3.8) is 0 Å². The number of hydrogen-bond donors (Lipinski definition) is 1. The van der Waals surface area contributed by atoms with Gasteiger partial charge in [0.05, 0.1) is 6.54 Å². The summed E-state index contributed by atoms with van der Waals surface area (Å²) >= 11 is 12.7. The second-order valence-corrected chi connectivity index (χ2v) is 7.39. The molecule has 1 N–H and O–H groups in total. The van der Waals surface area contributed by atoms with Gasteiger partial charge in [-0.05, 0) is 25.5 Å². The van der Waals surface area contributed by atoms with Gasteiger partial charge in [0, 0.05) is 49.5 Å². The third kappa shape index (κ3) is 4.19. The largest absolute Gasteiger partial charge is 0.382 e. The fraction of sp³-hybridized carbons (Fsp3) is 0.421. The summed E-state index contributed by atoms with van der Waals surface area (Å²) in [4.78, 5) is 29.7. The zero-order valence-corrected chi connectivity index (χ0v) is 18.0. The van der Waals surface area contributed by atoms with Crippen LogP contribution in [0.4, 0.5) is 5.95 Å². The highest BCUT2D eigenvalue weighted by molar-refractivity contribution is 6.36. The molecule has 0 atom stereocenters. The molecule has 0 aliphatic rings. The summed E-state index contributed by atoms with van der Waals surface area (Å²) in [5, 5.41) is 4.21. The molecule has 0 saturated carbocycles. The van der Waals surface area contributed by atoms with E-state index in [1.165, 1.54) is 11.6 Å². The van der Waals surface area contributed by atoms with Crippen LogP contribution in [0.3, 0.4) is 0 Å². The van der Waals surface area contributed by atoms with Crippen LogP contribution in [0.5, 0.6) is 0 Å². The lowest BCUT2D eigenvalue weighted by molar-refractivity contribution is 0.147. The topological polar surface area (TPSA) is 83.1 Å². The number of halogens is 2. The number of ether oxygens (including phenoxy) is 1. The van der Waals surface area contributed by atoms with Crippen LogP contribution in [-0.2, 0) is 25.4 Å². The maximum atomic E-state index is 12.9. The van der Waals surface area contributed by atoms with Gasteiger partial charge in [0.2, 0.25) is 5.95 Å². The van der Waals surface area contributed by atoms with Gasteiger partial charge in [0.1, 0.15) is 0 Å². The summed E-state index contributed by atoms with van der Waals surface area (Å²) in [5.41, 5.74) is 0.404. The predicted octanol–water partition coefficient (Wildman–Crippen LogP) is 2.63. The van der Waals surface area contributed by atoms with E-state index in [1.54, 1.807) is 29.8 Å². The Morgan fingerprint density at radius 1 is 1.14 bits per heavy atom. The molecule has 3 aromatic rings. The lowest BCUT2D eigenvalue weighted by Gasteiger charge is -2.13. The minimum atomic E-state index is -0.439. The summed E-state index contributed by atoms with van der Waals surface area (Å²) < 4.78 is 9.49. The third-order valence-corrected chi connectivity index (χ3v) is 5.39. The average Bonchev–Trinajstić information content (AvgIpc) is 3.06. The van der Waals surface area contributed by atoms with Gasteiger partial charge in [0.15, 0.2) is 11.2 Å². The molecule has 0 saturated heterocycles. The van der Waals surface area contributed by atoms with Crippen molar-refractivity contribution < 1.29 is 4.74 Å². The van der Waals surface area contributed by atoms with Crippen molar-refractivity contribution in [3.8, 4) is 0 Å². The van der Waals surface area contributed by atoms with Crippen molar-refractivity contribution in [1.82, 2.24) is 18.7 Å². The normalized spacial score (nSPS) is 11.3. The molecule has 2 heterocycles. The third-order valence-electron chi connectivity index (χ3n) is 4.68. The average molecular weight is 440 g/mol. The summed E-state index contributed by atoms with van der Waals surface area (Å²) in [7, 11) is 3.03. The zero-order valence-electron chi connectivity index (χ0n) is 16.5. The van der Waals surface area contributed by atoms with Crippen LogP contribution in [-0.4, -0.2) is 38.4 Å². The Kier molecular flexibility index (Phi) is 6.66. The number of nitrogens with zero attached hydrogens (tertiary/aromatic N) is 4. The Bertz CT molecular complexity index is 1130. The number of aromatic nitrogens is 4. The number of hydrogen-bond acceptors (Lipinski definition) is 5. The smallest absolute Gasteiger partial charge is 0.332 e. The highest BCUT2D eigenvalue weighted by Gasteiger charge is 2.20. The summed E-state index contributed by atoms with van der Waals surface area (Å²) in [6.07, 6.45) is 0.765. The number of aryl methyl sites for hydroxylation is 1. The molecule has 8 nitrogen and oxygen atoms in total. The number of rotatable bonds is 8. The molecule has 3 rings (SSSR count). The first kappa shape index (κ1) is 21.4. The highest BCUT2D eigenvalue weighted by atomic mass is 35.5. The first-order chi connectivity index (χ1) is 13.9. The van der Waals surface area contributed by atoms with Gasteiger partial charge in [-0.2, -0.15) is 4.98 Å². The lowest BCUT2D eigenvalue weighted by atomic mass is 10.2. The molecular formula is C19H23Cl2N5O3. The van der Waals surface area contributed by atoms with Crippen LogP contribution < -0.4 is 16.6 Å². The van der Waals surface area contributed by atoms with E-state index in [0.29, 0.717) is 52.5 Å². The zero-order chi connectivity index (χ0) is 21.1. The van der Waals surface area contributed by atoms with Gasteiger partial charge >= 0.3 is 5.69 Å². The van der Waals surface area contributed by atoms with Crippen LogP contribution in [0.15, 0.2) is 27.8 Å². The minimum absolute atomic E-state index is 0.232. The van der Waals surface area contributed by atoms with Crippen LogP contribution in [0.25, 0.3) is 11.2 Å². The second kappa shape index (κ2) is 9.02. The van der Waals surface area contributed by atoms with E-state index in [0.717, 1.165) is 11.0 Å². The van der Waals surface area contributed by atoms with E-state index in [-0.39, 0.29) is 6.54 Å². The van der Waals surface area contributed by atoms with Crippen LogP contribution in [0.2, 0.25) is 10.0 Å². The molecule has 156 valence electrons. The molecule has 0 amide bonds. The molecule has 0 unspecified atom stereocenters. The molecule has 0 aliphatic heterocycles. The van der Waals surface area contributed by atoms with Crippen LogP contribution in [0, 0.1) is 0 Å². The first-order valence-electron chi connectivity index (χ1n) is 9.27. The molecule has 2 aromatic heterocycles. The van der Waals surface area contributed by atoms with Gasteiger partial charge in [-0.1, -0.05) is 29.3 Å². The fourth-order valence-corrected chi connectivity index (χ4v) is 3.61. The Morgan fingerprint density at radius 2 is 1.83 bits per heavy atom. The molecule has 0 radical (unpaired) electrons. The van der Waals surface area contributed by atoms with Gasteiger partial charge in [0.25, 0.3) is 5.56 Å². The summed E-state index contributed by atoms with van der Waals surface area (Å²) in [6.45, 7) is 4.03. The van der Waals surface area contributed by atoms with Crippen molar-refractivity contribution in [2.45, 2.75) is 19.9 Å². The van der Waals surface area contributed by atoms with E-state index in [9.17, 15) is 9.59 Å². The van der Waals surface area contributed by atoms with E-state index in [1.807, 2.05) is 6.92 Å². The maximum absolute atomic E-state index is 12.9. The summed E-state index contributed by atoms with van der Waals surface area (Å²) in [5.74, 6) is 0.464. The number of nitrogens with one attached hydrogen (secondary N) is 1. The number of benzene rings is 1. The van der Waals surface area contributed by atoms with E-state index in [4.69, 9.17) is 27.9 Å². The quantitative estimate of drug-likeness (QED) is 0.545. The van der Waals surface area contributed by atoms with E-state index >= 15 is 0 Å². The molecule has 0 fully saturated rings. The van der Waals surface area contributed by atoms with Crippen LogP contribution in [0.1, 0.15) is 18.9 Å². The Morgan fingerprint density at radius 3 is 2.48 bits per heavy atom. The van der Waals surface area contributed by atoms with Crippen LogP contribution >= 0.6 is 23.2 Å². The maximum Gasteiger partial charge on any atom is 0.332 e. The molecule has 0 spiro atoms. The summed E-state index contributed by atoms with van der Waals surface area (Å²) in [6, 6.07) is 5.24. The second-order valence-electron chi connectivity index (χ2n) is 6.58. The van der Waals surface area contributed by atoms with Gasteiger partial charge in [-0.25, -0.2) is 4.79 Å². The van der Waals surface area contributed by atoms with Crippen molar-refractivity contribution in [2.24, 2.45) is 14.1 Å². The van der Waals surface area contributed by atoms with Crippen molar-refractivity contribution in [3.05, 3.63) is 54.6 Å². The molecule has 29 heavy (non-hydrogen) atoms.